The first-order valence-corrected chi connectivity index (χ1v) is 5.34. The van der Waals surface area contributed by atoms with Crippen molar-refractivity contribution >= 4 is 0 Å². The number of ether oxygens (including phenoxy) is 1. The molecule has 0 aliphatic carbocycles. The number of rotatable bonds is 4. The van der Waals surface area contributed by atoms with Crippen LogP contribution in [0, 0.1) is 0 Å². The Hall–Kier alpha value is -1.06. The van der Waals surface area contributed by atoms with E-state index in [1.807, 2.05) is 24.3 Å². The first-order chi connectivity index (χ1) is 7.29. The van der Waals surface area contributed by atoms with Gasteiger partial charge in [0.25, 0.3) is 0 Å². The second-order valence-electron chi connectivity index (χ2n) is 3.97. The molecule has 1 heterocycles. The molecule has 0 amide bonds. The van der Waals surface area contributed by atoms with Crippen molar-refractivity contribution in [3.8, 4) is 5.75 Å². The molecule has 2 N–H and O–H groups in total. The Labute approximate surface area is 90.1 Å². The first kappa shape index (κ1) is 10.5. The third-order valence-electron chi connectivity index (χ3n) is 2.93. The molecule has 1 aromatic rings. The lowest BCUT2D eigenvalue weighted by molar-refractivity contribution is 0.0956. The van der Waals surface area contributed by atoms with Gasteiger partial charge in [-0.05, 0) is 37.1 Å². The molecule has 1 aliphatic heterocycles. The summed E-state index contributed by atoms with van der Waals surface area (Å²) in [7, 11) is 1.65. The lowest BCUT2D eigenvalue weighted by Crippen LogP contribution is -2.51. The Balaban J connectivity index is 1.91. The molecule has 0 saturated carbocycles. The molecule has 2 rings (SSSR count). The topological polar surface area (TPSA) is 41.5 Å². The molecule has 82 valence electrons. The molecule has 0 aromatic heterocycles. The van der Waals surface area contributed by atoms with Crippen molar-refractivity contribution in [2.45, 2.75) is 25.0 Å². The molecule has 2 atom stereocenters. The molecule has 1 saturated heterocycles. The number of aliphatic hydroxyl groups excluding tert-OH is 1. The van der Waals surface area contributed by atoms with E-state index in [2.05, 4.69) is 5.32 Å². The molecule has 0 bridgehead atoms. The zero-order chi connectivity index (χ0) is 10.7. The zero-order valence-electron chi connectivity index (χ0n) is 8.94. The number of hydrogen-bond donors (Lipinski definition) is 2. The van der Waals surface area contributed by atoms with Crippen molar-refractivity contribution in [1.82, 2.24) is 5.32 Å². The van der Waals surface area contributed by atoms with E-state index in [0.29, 0.717) is 6.42 Å². The predicted octanol–water partition coefficient (Wildman–Crippen LogP) is 0.960. The lowest BCUT2D eigenvalue weighted by Gasteiger charge is -2.32. The van der Waals surface area contributed by atoms with E-state index in [1.165, 1.54) is 0 Å². The fraction of sp³-hybridized carbons (Fsp3) is 0.500. The SMILES string of the molecule is COc1ccc(CC(O)C2CCN2)cc1. The third kappa shape index (κ3) is 2.49. The van der Waals surface area contributed by atoms with Gasteiger partial charge in [-0.25, -0.2) is 0 Å². The molecular formula is C12H17NO2. The molecule has 3 nitrogen and oxygen atoms in total. The molecular weight excluding hydrogens is 190 g/mol. The summed E-state index contributed by atoms with van der Waals surface area (Å²) in [6, 6.07) is 8.14. The van der Waals surface area contributed by atoms with Crippen LogP contribution in [0.5, 0.6) is 5.75 Å². The summed E-state index contributed by atoms with van der Waals surface area (Å²) in [6.45, 7) is 1.03. The van der Waals surface area contributed by atoms with Crippen LogP contribution in [0.4, 0.5) is 0 Å². The smallest absolute Gasteiger partial charge is 0.118 e. The highest BCUT2D eigenvalue weighted by Gasteiger charge is 2.24. The standard InChI is InChI=1S/C12H17NO2/c1-15-10-4-2-9(3-5-10)8-12(14)11-6-7-13-11/h2-5,11-14H,6-8H2,1H3. The number of methoxy groups -OCH3 is 1. The highest BCUT2D eigenvalue weighted by molar-refractivity contribution is 5.27. The van der Waals surface area contributed by atoms with E-state index in [-0.39, 0.29) is 12.1 Å². The Kier molecular flexibility index (Phi) is 3.23. The van der Waals surface area contributed by atoms with Crippen LogP contribution in [-0.4, -0.2) is 30.9 Å². The Morgan fingerprint density at radius 2 is 2.13 bits per heavy atom. The van der Waals surface area contributed by atoms with Gasteiger partial charge in [-0.1, -0.05) is 12.1 Å². The normalized spacial score (nSPS) is 21.9. The van der Waals surface area contributed by atoms with Crippen LogP contribution < -0.4 is 10.1 Å². The highest BCUT2D eigenvalue weighted by Crippen LogP contribution is 2.16. The van der Waals surface area contributed by atoms with Gasteiger partial charge in [0.2, 0.25) is 0 Å². The zero-order valence-corrected chi connectivity index (χ0v) is 8.94. The average Bonchev–Trinajstić information content (AvgIpc) is 2.16. The minimum absolute atomic E-state index is 0.271. The summed E-state index contributed by atoms with van der Waals surface area (Å²) in [5, 5.41) is 13.1. The molecule has 3 heteroatoms. The van der Waals surface area contributed by atoms with E-state index in [9.17, 15) is 5.11 Å². The molecule has 15 heavy (non-hydrogen) atoms. The summed E-state index contributed by atoms with van der Waals surface area (Å²) in [5.74, 6) is 0.856. The molecule has 1 fully saturated rings. The molecule has 0 spiro atoms. The largest absolute Gasteiger partial charge is 0.497 e. The van der Waals surface area contributed by atoms with Gasteiger partial charge in [-0.3, -0.25) is 0 Å². The minimum atomic E-state index is -0.271. The predicted molar refractivity (Wildman–Crippen MR) is 59.1 cm³/mol. The summed E-state index contributed by atoms with van der Waals surface area (Å²) >= 11 is 0. The third-order valence-corrected chi connectivity index (χ3v) is 2.93. The van der Waals surface area contributed by atoms with Crippen molar-refractivity contribution in [2.24, 2.45) is 0 Å². The van der Waals surface area contributed by atoms with Crippen LogP contribution in [0.2, 0.25) is 0 Å². The summed E-state index contributed by atoms with van der Waals surface area (Å²) in [5.41, 5.74) is 1.15. The van der Waals surface area contributed by atoms with E-state index in [1.54, 1.807) is 7.11 Å². The Morgan fingerprint density at radius 3 is 2.60 bits per heavy atom. The molecule has 2 unspecified atom stereocenters. The van der Waals surface area contributed by atoms with Crippen molar-refractivity contribution in [3.05, 3.63) is 29.8 Å². The second-order valence-corrected chi connectivity index (χ2v) is 3.97. The minimum Gasteiger partial charge on any atom is -0.497 e. The summed E-state index contributed by atoms with van der Waals surface area (Å²) < 4.78 is 5.08. The van der Waals surface area contributed by atoms with Gasteiger partial charge in [0.15, 0.2) is 0 Å². The number of aliphatic hydroxyl groups is 1. The number of nitrogens with one attached hydrogen (secondary N) is 1. The van der Waals surface area contributed by atoms with Crippen molar-refractivity contribution < 1.29 is 9.84 Å². The first-order valence-electron chi connectivity index (χ1n) is 5.34. The second kappa shape index (κ2) is 4.64. The van der Waals surface area contributed by atoms with E-state index in [4.69, 9.17) is 4.74 Å². The average molecular weight is 207 g/mol. The number of hydrogen-bond acceptors (Lipinski definition) is 3. The van der Waals surface area contributed by atoms with Crippen LogP contribution in [-0.2, 0) is 6.42 Å². The van der Waals surface area contributed by atoms with Crippen molar-refractivity contribution in [3.63, 3.8) is 0 Å². The van der Waals surface area contributed by atoms with Crippen molar-refractivity contribution in [1.29, 1.82) is 0 Å². The van der Waals surface area contributed by atoms with E-state index < -0.39 is 0 Å². The van der Waals surface area contributed by atoms with Gasteiger partial charge in [0.05, 0.1) is 13.2 Å². The van der Waals surface area contributed by atoms with Crippen LogP contribution in [0.3, 0.4) is 0 Å². The van der Waals surface area contributed by atoms with Crippen LogP contribution in [0.15, 0.2) is 24.3 Å². The summed E-state index contributed by atoms with van der Waals surface area (Å²) in [4.78, 5) is 0. The van der Waals surface area contributed by atoms with Crippen LogP contribution >= 0.6 is 0 Å². The van der Waals surface area contributed by atoms with Gasteiger partial charge in [0.1, 0.15) is 5.75 Å². The highest BCUT2D eigenvalue weighted by atomic mass is 16.5. The molecule has 0 radical (unpaired) electrons. The Bertz CT molecular complexity index is 306. The van der Waals surface area contributed by atoms with Gasteiger partial charge >= 0.3 is 0 Å². The van der Waals surface area contributed by atoms with Crippen LogP contribution in [0.1, 0.15) is 12.0 Å². The Morgan fingerprint density at radius 1 is 1.47 bits per heavy atom. The van der Waals surface area contributed by atoms with Gasteiger partial charge in [-0.15, -0.1) is 0 Å². The quantitative estimate of drug-likeness (QED) is 0.772. The maximum Gasteiger partial charge on any atom is 0.118 e. The lowest BCUT2D eigenvalue weighted by atomic mass is 9.95. The van der Waals surface area contributed by atoms with Gasteiger partial charge < -0.3 is 15.2 Å². The maximum absolute atomic E-state index is 9.86. The monoisotopic (exact) mass is 207 g/mol. The fourth-order valence-electron chi connectivity index (χ4n) is 1.78. The maximum atomic E-state index is 9.86. The van der Waals surface area contributed by atoms with E-state index in [0.717, 1.165) is 24.3 Å². The fourth-order valence-corrected chi connectivity index (χ4v) is 1.78. The van der Waals surface area contributed by atoms with Gasteiger partial charge in [0, 0.05) is 6.04 Å². The molecule has 1 aromatic carbocycles. The van der Waals surface area contributed by atoms with Crippen molar-refractivity contribution in [2.75, 3.05) is 13.7 Å². The molecule has 1 aliphatic rings. The summed E-state index contributed by atoms with van der Waals surface area (Å²) in [6.07, 6.45) is 1.52. The number of benzene rings is 1. The van der Waals surface area contributed by atoms with Crippen LogP contribution in [0.25, 0.3) is 0 Å². The van der Waals surface area contributed by atoms with E-state index >= 15 is 0 Å². The van der Waals surface area contributed by atoms with Gasteiger partial charge in [-0.2, -0.15) is 0 Å².